The number of imide groups is 2. The van der Waals surface area contributed by atoms with Gasteiger partial charge in [-0.15, -0.1) is 5.10 Å². The van der Waals surface area contributed by atoms with E-state index in [0.717, 1.165) is 119 Å². The molecule has 3 aromatic rings. The van der Waals surface area contributed by atoms with E-state index in [2.05, 4.69) is 53.7 Å². The number of likely N-dealkylation sites (tertiary alicyclic amines) is 1. The molecule has 59 heavy (non-hydrogen) atoms. The van der Waals surface area contributed by atoms with Crippen molar-refractivity contribution in [1.29, 1.82) is 5.26 Å². The van der Waals surface area contributed by atoms with Gasteiger partial charge in [-0.1, -0.05) is 11.6 Å². The van der Waals surface area contributed by atoms with E-state index in [1.165, 1.54) is 0 Å². The number of anilines is 2. The SMILES string of the molecule is N#Cc1ccc(O[C@H]2CC[C@H](NCc3ccc(N4CCC(CN5CCC6(CC5)CN(c5ccc7c(c5)C(=O)N(C5CCC(=O)NC5=O)C7=O)C6)CC4)nn3)CC2)cc1Cl. The van der Waals surface area contributed by atoms with Crippen molar-refractivity contribution in [3.63, 3.8) is 0 Å². The van der Waals surface area contributed by atoms with Crippen LogP contribution in [0.4, 0.5) is 11.5 Å². The van der Waals surface area contributed by atoms with Gasteiger partial charge in [0.15, 0.2) is 5.82 Å². The Bertz CT molecular complexity index is 2150. The van der Waals surface area contributed by atoms with Crippen LogP contribution >= 0.6 is 11.6 Å². The normalized spacial score (nSPS) is 24.8. The molecule has 1 unspecified atom stereocenters. The molecule has 308 valence electrons. The number of piperidine rings is 3. The molecule has 0 bridgehead atoms. The van der Waals surface area contributed by atoms with Gasteiger partial charge in [0.05, 0.1) is 33.5 Å². The summed E-state index contributed by atoms with van der Waals surface area (Å²) in [5, 5.41) is 24.6. The molecular formula is C44H50ClN9O5. The molecule has 2 aromatic carbocycles. The molecule has 4 amide bonds. The molecule has 14 nitrogen and oxygen atoms in total. The molecule has 5 fully saturated rings. The number of halogens is 1. The second kappa shape index (κ2) is 16.5. The van der Waals surface area contributed by atoms with Gasteiger partial charge < -0.3 is 24.8 Å². The molecule has 9 rings (SSSR count). The van der Waals surface area contributed by atoms with Gasteiger partial charge in [-0.2, -0.15) is 10.4 Å². The van der Waals surface area contributed by atoms with E-state index in [-0.39, 0.29) is 30.3 Å². The molecular weight excluding hydrogens is 770 g/mol. The predicted molar refractivity (Wildman–Crippen MR) is 220 cm³/mol. The fourth-order valence-corrected chi connectivity index (χ4v) is 10.2. The van der Waals surface area contributed by atoms with Crippen LogP contribution in [0.5, 0.6) is 5.75 Å². The van der Waals surface area contributed by atoms with Gasteiger partial charge in [-0.05, 0) is 119 Å². The summed E-state index contributed by atoms with van der Waals surface area (Å²) in [5.41, 5.74) is 3.26. The third kappa shape index (κ3) is 8.25. The molecule has 6 heterocycles. The minimum absolute atomic E-state index is 0.105. The van der Waals surface area contributed by atoms with Gasteiger partial charge in [0, 0.05) is 68.9 Å². The van der Waals surface area contributed by atoms with E-state index in [9.17, 15) is 19.2 Å². The van der Waals surface area contributed by atoms with E-state index in [0.29, 0.717) is 46.0 Å². The highest BCUT2D eigenvalue weighted by Crippen LogP contribution is 2.44. The number of nitrogens with one attached hydrogen (secondary N) is 2. The highest BCUT2D eigenvalue weighted by Gasteiger charge is 2.47. The number of ether oxygens (including phenoxy) is 1. The van der Waals surface area contributed by atoms with Crippen molar-refractivity contribution in [3.8, 4) is 11.8 Å². The molecule has 1 aliphatic carbocycles. The van der Waals surface area contributed by atoms with E-state index in [4.69, 9.17) is 21.6 Å². The van der Waals surface area contributed by atoms with E-state index in [1.54, 1.807) is 24.3 Å². The number of carbonyl (C=O) groups is 4. The third-order valence-electron chi connectivity index (χ3n) is 13.5. The van der Waals surface area contributed by atoms with Crippen molar-refractivity contribution >= 4 is 46.7 Å². The Kier molecular flexibility index (Phi) is 11.0. The Labute approximate surface area is 349 Å². The smallest absolute Gasteiger partial charge is 0.262 e. The first kappa shape index (κ1) is 39.4. The molecule has 6 aliphatic rings. The Morgan fingerprint density at radius 1 is 0.847 bits per heavy atom. The van der Waals surface area contributed by atoms with Gasteiger partial charge in [0.2, 0.25) is 11.8 Å². The molecule has 1 spiro atoms. The van der Waals surface area contributed by atoms with Crippen molar-refractivity contribution in [1.82, 2.24) is 30.6 Å². The van der Waals surface area contributed by atoms with Gasteiger partial charge in [-0.3, -0.25) is 29.4 Å². The lowest BCUT2D eigenvalue weighted by molar-refractivity contribution is -0.136. The van der Waals surface area contributed by atoms with Crippen molar-refractivity contribution in [2.75, 3.05) is 55.6 Å². The number of nitrogens with zero attached hydrogens (tertiary/aromatic N) is 7. The summed E-state index contributed by atoms with van der Waals surface area (Å²) in [6.07, 6.45) is 8.94. The van der Waals surface area contributed by atoms with Crippen LogP contribution in [0.25, 0.3) is 0 Å². The molecule has 1 atom stereocenters. The molecule has 0 radical (unpaired) electrons. The highest BCUT2D eigenvalue weighted by molar-refractivity contribution is 6.31. The second-order valence-electron chi connectivity index (χ2n) is 17.4. The third-order valence-corrected chi connectivity index (χ3v) is 13.8. The van der Waals surface area contributed by atoms with Crippen LogP contribution in [-0.2, 0) is 16.1 Å². The first-order valence-corrected chi connectivity index (χ1v) is 21.5. The number of hydrogen-bond donors (Lipinski definition) is 2. The maximum absolute atomic E-state index is 13.3. The number of aromatic nitrogens is 2. The topological polar surface area (TPSA) is 164 Å². The number of carbonyl (C=O) groups excluding carboxylic acids is 4. The van der Waals surface area contributed by atoms with Crippen molar-refractivity contribution in [2.24, 2.45) is 11.3 Å². The number of hydrogen-bond acceptors (Lipinski definition) is 12. The summed E-state index contributed by atoms with van der Waals surface area (Å²) in [6, 6.07) is 16.4. The molecule has 15 heteroatoms. The molecule has 1 saturated carbocycles. The number of rotatable bonds is 10. The zero-order chi connectivity index (χ0) is 40.7. The summed E-state index contributed by atoms with van der Waals surface area (Å²) in [6.45, 7) is 7.85. The molecule has 4 saturated heterocycles. The quantitative estimate of drug-likeness (QED) is 0.272. The van der Waals surface area contributed by atoms with Crippen LogP contribution in [0.15, 0.2) is 48.5 Å². The summed E-state index contributed by atoms with van der Waals surface area (Å²) in [4.78, 5) is 58.9. The van der Waals surface area contributed by atoms with Crippen LogP contribution in [0.3, 0.4) is 0 Å². The lowest BCUT2D eigenvalue weighted by Gasteiger charge is -2.55. The largest absolute Gasteiger partial charge is 0.490 e. The van der Waals surface area contributed by atoms with Crippen molar-refractivity contribution in [2.45, 2.75) is 88.9 Å². The predicted octanol–water partition coefficient (Wildman–Crippen LogP) is 4.70. The van der Waals surface area contributed by atoms with Gasteiger partial charge >= 0.3 is 0 Å². The molecule has 5 aliphatic heterocycles. The zero-order valence-electron chi connectivity index (χ0n) is 33.2. The summed E-state index contributed by atoms with van der Waals surface area (Å²) < 4.78 is 6.14. The Balaban J connectivity index is 0.672. The van der Waals surface area contributed by atoms with Crippen LogP contribution in [0.1, 0.15) is 96.2 Å². The second-order valence-corrected chi connectivity index (χ2v) is 17.8. The van der Waals surface area contributed by atoms with Crippen LogP contribution < -0.4 is 25.2 Å². The average Bonchev–Trinajstić information content (AvgIpc) is 3.48. The molecule has 2 N–H and O–H groups in total. The maximum Gasteiger partial charge on any atom is 0.262 e. The fourth-order valence-electron chi connectivity index (χ4n) is 9.94. The van der Waals surface area contributed by atoms with Crippen molar-refractivity contribution < 1.29 is 23.9 Å². The average molecular weight is 820 g/mol. The van der Waals surface area contributed by atoms with Crippen LogP contribution in [-0.4, -0.2) is 108 Å². The first-order chi connectivity index (χ1) is 28.6. The van der Waals surface area contributed by atoms with Crippen LogP contribution in [0, 0.1) is 22.7 Å². The zero-order valence-corrected chi connectivity index (χ0v) is 34.0. The summed E-state index contributed by atoms with van der Waals surface area (Å²) in [5.74, 6) is 0.432. The minimum Gasteiger partial charge on any atom is -0.490 e. The van der Waals surface area contributed by atoms with E-state index in [1.807, 2.05) is 12.1 Å². The van der Waals surface area contributed by atoms with E-state index >= 15 is 0 Å². The van der Waals surface area contributed by atoms with Gasteiger partial charge in [0.1, 0.15) is 17.9 Å². The standard InChI is InChI=1S/C44H50ClN9O5/c45-37-22-34(6-1-29(37)23-46)59-33-7-2-30(3-8-33)47-24-31-4-11-39(50-49-31)52-17-13-28(14-18-52)25-51-19-15-44(16-20-51)26-53(27-44)32-5-9-35-36(21-32)43(58)54(42(35)57)38-10-12-40(55)48-41(38)56/h1,4-6,9,11,21-22,28,30,33,38,47H,2-3,7-8,10,12-20,24-27H2,(H,48,55,56)/t30-,33-,38?. The van der Waals surface area contributed by atoms with Crippen molar-refractivity contribution in [3.05, 3.63) is 75.9 Å². The Hall–Kier alpha value is -5.10. The highest BCUT2D eigenvalue weighted by atomic mass is 35.5. The monoisotopic (exact) mass is 819 g/mol. The first-order valence-electron chi connectivity index (χ1n) is 21.1. The number of nitriles is 1. The lowest BCUT2D eigenvalue weighted by atomic mass is 9.71. The Morgan fingerprint density at radius 2 is 1.61 bits per heavy atom. The van der Waals surface area contributed by atoms with E-state index < -0.39 is 23.8 Å². The number of amides is 4. The number of benzene rings is 2. The molecule has 1 aromatic heterocycles. The van der Waals surface area contributed by atoms with Gasteiger partial charge in [0.25, 0.3) is 11.8 Å². The number of fused-ring (bicyclic) bond motifs is 1. The summed E-state index contributed by atoms with van der Waals surface area (Å²) >= 11 is 6.17. The fraction of sp³-hybridized carbons (Fsp3) is 0.523. The minimum atomic E-state index is -0.955. The Morgan fingerprint density at radius 3 is 2.31 bits per heavy atom. The summed E-state index contributed by atoms with van der Waals surface area (Å²) in [7, 11) is 0. The lowest BCUT2D eigenvalue weighted by Crippen LogP contribution is -2.60. The maximum atomic E-state index is 13.3. The van der Waals surface area contributed by atoms with Crippen LogP contribution in [0.2, 0.25) is 5.02 Å². The van der Waals surface area contributed by atoms with Gasteiger partial charge in [-0.25, -0.2) is 0 Å².